The minimum Gasteiger partial charge on any atom is -0.496 e. The summed E-state index contributed by atoms with van der Waals surface area (Å²) in [5, 5.41) is 14.2. The summed E-state index contributed by atoms with van der Waals surface area (Å²) in [5.41, 5.74) is 1.43. The molecule has 0 bridgehead atoms. The van der Waals surface area contributed by atoms with Gasteiger partial charge in [-0.3, -0.25) is 14.4 Å². The van der Waals surface area contributed by atoms with Crippen LogP contribution in [0.15, 0.2) is 54.6 Å². The zero-order valence-electron chi connectivity index (χ0n) is 23.4. The number of methoxy groups -OCH3 is 1. The average molecular weight is 577 g/mol. The third kappa shape index (κ3) is 6.33. The Morgan fingerprint density at radius 3 is 2.54 bits per heavy atom. The minimum atomic E-state index is -3.71. The number of carbonyl (C=O) groups excluding carboxylic acids is 3. The summed E-state index contributed by atoms with van der Waals surface area (Å²) in [6, 6.07) is 16.7. The number of rotatable bonds is 8. The first-order chi connectivity index (χ1) is 19.5. The Balaban J connectivity index is 1.93. The van der Waals surface area contributed by atoms with Crippen LogP contribution in [0.5, 0.6) is 5.75 Å². The molecule has 0 spiro atoms. The molecule has 2 atom stereocenters. The third-order valence-corrected chi connectivity index (χ3v) is 7.98. The number of nitrogens with zero attached hydrogens (tertiary/aromatic N) is 3. The maximum atomic E-state index is 14.3. The van der Waals surface area contributed by atoms with Crippen molar-refractivity contribution in [2.24, 2.45) is 5.92 Å². The van der Waals surface area contributed by atoms with E-state index in [1.54, 1.807) is 13.0 Å². The zero-order chi connectivity index (χ0) is 29.9. The minimum absolute atomic E-state index is 0.00491. The van der Waals surface area contributed by atoms with Gasteiger partial charge in [0.25, 0.3) is 5.91 Å². The van der Waals surface area contributed by atoms with E-state index in [1.807, 2.05) is 37.3 Å². The largest absolute Gasteiger partial charge is 0.496 e. The Morgan fingerprint density at radius 2 is 1.88 bits per heavy atom. The van der Waals surface area contributed by atoms with Crippen molar-refractivity contribution in [3.05, 3.63) is 65.7 Å². The molecule has 0 aliphatic carbocycles. The molecule has 1 aliphatic rings. The third-order valence-electron chi connectivity index (χ3n) is 7.21. The Morgan fingerprint density at radius 1 is 1.15 bits per heavy atom. The second-order valence-electron chi connectivity index (χ2n) is 10.2. The fourth-order valence-corrected chi connectivity index (χ4v) is 5.44. The molecule has 41 heavy (non-hydrogen) atoms. The topological polar surface area (TPSA) is 137 Å². The first-order valence-electron chi connectivity index (χ1n) is 13.2. The van der Waals surface area contributed by atoms with Crippen LogP contribution in [0.2, 0.25) is 0 Å². The molecule has 3 aromatic carbocycles. The van der Waals surface area contributed by atoms with Crippen LogP contribution in [-0.4, -0.2) is 57.8 Å². The summed E-state index contributed by atoms with van der Waals surface area (Å²) in [6.45, 7) is 3.29. The molecule has 0 radical (unpaired) electrons. The molecule has 0 unspecified atom stereocenters. The molecule has 0 aromatic heterocycles. The van der Waals surface area contributed by atoms with Crippen LogP contribution in [0.4, 0.5) is 11.4 Å². The van der Waals surface area contributed by atoms with Crippen LogP contribution in [0.3, 0.4) is 0 Å². The first kappa shape index (κ1) is 29.6. The first-order valence-corrected chi connectivity index (χ1v) is 15.2. The summed E-state index contributed by atoms with van der Waals surface area (Å²) >= 11 is 0. The van der Waals surface area contributed by atoms with Crippen molar-refractivity contribution in [2.75, 3.05) is 35.5 Å². The fourth-order valence-electron chi connectivity index (χ4n) is 4.84. The van der Waals surface area contributed by atoms with Crippen LogP contribution >= 0.6 is 0 Å². The number of ether oxygens (including phenoxy) is 1. The molecule has 0 fully saturated rings. The number of benzene rings is 3. The SMILES string of the molecule is CC[C@@H](C)C(=O)N[C@H]1CN(C(=O)CS(C)(=O)=O)c2ccc(C#N)cc2N(Cc2c(OC)ccc3ccccc23)C1=O. The number of hydrogen-bond donors (Lipinski definition) is 1. The van der Waals surface area contributed by atoms with Gasteiger partial charge >= 0.3 is 0 Å². The van der Waals surface area contributed by atoms with Gasteiger partial charge in [-0.2, -0.15) is 5.26 Å². The monoisotopic (exact) mass is 576 g/mol. The molecule has 1 N–H and O–H groups in total. The molecule has 11 heteroatoms. The van der Waals surface area contributed by atoms with Gasteiger partial charge in [0, 0.05) is 17.7 Å². The molecular formula is C30H32N4O6S. The molecule has 3 amide bonds. The Kier molecular flexibility index (Phi) is 8.63. The number of sulfone groups is 1. The lowest BCUT2D eigenvalue weighted by molar-refractivity contribution is -0.129. The Labute approximate surface area is 239 Å². The van der Waals surface area contributed by atoms with Gasteiger partial charge in [0.15, 0.2) is 9.84 Å². The second-order valence-corrected chi connectivity index (χ2v) is 12.3. The number of fused-ring (bicyclic) bond motifs is 2. The van der Waals surface area contributed by atoms with E-state index in [1.165, 1.54) is 35.1 Å². The van der Waals surface area contributed by atoms with Gasteiger partial charge in [-0.05, 0) is 41.5 Å². The van der Waals surface area contributed by atoms with E-state index in [-0.39, 0.29) is 35.9 Å². The number of nitriles is 1. The lowest BCUT2D eigenvalue weighted by atomic mass is 10.0. The highest BCUT2D eigenvalue weighted by atomic mass is 32.2. The summed E-state index contributed by atoms with van der Waals surface area (Å²) in [6.07, 6.45) is 1.49. The highest BCUT2D eigenvalue weighted by Crippen LogP contribution is 2.38. The molecule has 3 aromatic rings. The van der Waals surface area contributed by atoms with E-state index in [0.29, 0.717) is 17.7 Å². The van der Waals surface area contributed by atoms with Crippen LogP contribution in [0.1, 0.15) is 31.4 Å². The quantitative estimate of drug-likeness (QED) is 0.435. The standard InChI is InChI=1S/C30H32N4O6S/c1-5-19(2)29(36)32-24-17-33(28(35)18-41(4,38)39)25-12-10-20(15-31)14-26(25)34(30(24)37)16-23-22-9-7-6-8-21(22)11-13-27(23)40-3/h6-14,19,24H,5,16-18H2,1-4H3,(H,32,36)/t19-,24+/m1/s1. The van der Waals surface area contributed by atoms with Crippen molar-refractivity contribution >= 4 is 49.7 Å². The van der Waals surface area contributed by atoms with E-state index in [0.717, 1.165) is 17.0 Å². The van der Waals surface area contributed by atoms with Gasteiger partial charge in [-0.25, -0.2) is 8.42 Å². The lowest BCUT2D eigenvalue weighted by Gasteiger charge is -2.27. The van der Waals surface area contributed by atoms with Crippen molar-refractivity contribution in [3.8, 4) is 11.8 Å². The predicted octanol–water partition coefficient (Wildman–Crippen LogP) is 3.18. The van der Waals surface area contributed by atoms with Crippen LogP contribution < -0.4 is 19.9 Å². The van der Waals surface area contributed by atoms with Crippen LogP contribution in [-0.2, 0) is 30.8 Å². The maximum absolute atomic E-state index is 14.3. The van der Waals surface area contributed by atoms with Crippen LogP contribution in [0, 0.1) is 17.2 Å². The molecule has 4 rings (SSSR count). The maximum Gasteiger partial charge on any atom is 0.251 e. The summed E-state index contributed by atoms with van der Waals surface area (Å²) in [5.74, 6) is -2.28. The molecule has 1 aliphatic heterocycles. The van der Waals surface area contributed by atoms with Crippen molar-refractivity contribution in [1.82, 2.24) is 5.32 Å². The van der Waals surface area contributed by atoms with Crippen molar-refractivity contribution < 1.29 is 27.5 Å². The average Bonchev–Trinajstić information content (AvgIpc) is 3.06. The smallest absolute Gasteiger partial charge is 0.251 e. The van der Waals surface area contributed by atoms with Gasteiger partial charge in [0.2, 0.25) is 11.8 Å². The van der Waals surface area contributed by atoms with Gasteiger partial charge in [0.05, 0.1) is 43.2 Å². The molecule has 214 valence electrons. The summed E-state index contributed by atoms with van der Waals surface area (Å²) in [4.78, 5) is 43.3. The zero-order valence-corrected chi connectivity index (χ0v) is 24.2. The fraction of sp³-hybridized carbons (Fsp3) is 0.333. The second kappa shape index (κ2) is 12.0. The van der Waals surface area contributed by atoms with Gasteiger partial charge in [-0.15, -0.1) is 0 Å². The molecule has 0 saturated carbocycles. The highest BCUT2D eigenvalue weighted by molar-refractivity contribution is 7.91. The number of nitrogens with one attached hydrogen (secondary N) is 1. The number of carbonyl (C=O) groups is 3. The molecule has 0 saturated heterocycles. The Bertz CT molecular complexity index is 1660. The number of amides is 3. The van der Waals surface area contributed by atoms with E-state index >= 15 is 0 Å². The number of anilines is 2. The van der Waals surface area contributed by atoms with E-state index in [2.05, 4.69) is 11.4 Å². The molecule has 1 heterocycles. The summed E-state index contributed by atoms with van der Waals surface area (Å²) < 4.78 is 29.8. The molecular weight excluding hydrogens is 544 g/mol. The van der Waals surface area contributed by atoms with E-state index < -0.39 is 39.4 Å². The van der Waals surface area contributed by atoms with Crippen molar-refractivity contribution in [2.45, 2.75) is 32.9 Å². The number of hydrogen-bond acceptors (Lipinski definition) is 7. The lowest BCUT2D eigenvalue weighted by Crippen LogP contribution is -2.54. The van der Waals surface area contributed by atoms with Gasteiger partial charge < -0.3 is 19.9 Å². The molecule has 10 nitrogen and oxygen atoms in total. The van der Waals surface area contributed by atoms with Gasteiger partial charge in [-0.1, -0.05) is 44.2 Å². The van der Waals surface area contributed by atoms with Crippen molar-refractivity contribution in [1.29, 1.82) is 5.26 Å². The predicted molar refractivity (Wildman–Crippen MR) is 156 cm³/mol. The van der Waals surface area contributed by atoms with E-state index in [9.17, 15) is 28.1 Å². The normalized spacial score (nSPS) is 16.0. The highest BCUT2D eigenvalue weighted by Gasteiger charge is 2.38. The van der Waals surface area contributed by atoms with E-state index in [4.69, 9.17) is 4.74 Å². The Hall–Kier alpha value is -4.43. The van der Waals surface area contributed by atoms with Crippen LogP contribution in [0.25, 0.3) is 10.8 Å². The van der Waals surface area contributed by atoms with Gasteiger partial charge in [0.1, 0.15) is 17.5 Å². The van der Waals surface area contributed by atoms with Crippen molar-refractivity contribution in [3.63, 3.8) is 0 Å². The summed E-state index contributed by atoms with van der Waals surface area (Å²) in [7, 11) is -2.18.